The highest BCUT2D eigenvalue weighted by atomic mass is 32.1. The van der Waals surface area contributed by atoms with E-state index in [0.29, 0.717) is 13.0 Å². The fourth-order valence-corrected chi connectivity index (χ4v) is 2.46. The Morgan fingerprint density at radius 3 is 3.11 bits per heavy atom. The van der Waals surface area contributed by atoms with Gasteiger partial charge < -0.3 is 10.4 Å². The molecule has 0 fully saturated rings. The van der Waals surface area contributed by atoms with Crippen LogP contribution < -0.4 is 5.32 Å². The molecule has 2 N–H and O–H groups in total. The summed E-state index contributed by atoms with van der Waals surface area (Å²) >= 11 is 1.52. The molecule has 2 rings (SSSR count). The monoisotopic (exact) mass is 279 g/mol. The van der Waals surface area contributed by atoms with Gasteiger partial charge in [0, 0.05) is 25.4 Å². The maximum Gasteiger partial charge on any atom is 0.221 e. The summed E-state index contributed by atoms with van der Waals surface area (Å²) < 4.78 is 1.70. The van der Waals surface area contributed by atoms with Crippen molar-refractivity contribution in [2.45, 2.75) is 25.5 Å². The number of rotatable bonds is 6. The Balaban J connectivity index is 1.77. The van der Waals surface area contributed by atoms with Gasteiger partial charge in [0.1, 0.15) is 5.60 Å². The van der Waals surface area contributed by atoms with Crippen molar-refractivity contribution in [1.82, 2.24) is 15.1 Å². The number of carbonyl (C=O) groups is 1. The van der Waals surface area contributed by atoms with Crippen LogP contribution in [0.25, 0.3) is 0 Å². The number of aryl methyl sites for hydroxylation is 1. The average molecular weight is 279 g/mol. The molecule has 0 spiro atoms. The molecule has 0 aliphatic carbocycles. The minimum Gasteiger partial charge on any atom is -0.384 e. The SMILES string of the molecule is CC(O)(CNC(=O)CCn1cccn1)c1ccsc1. The number of amides is 1. The van der Waals surface area contributed by atoms with Crippen molar-refractivity contribution < 1.29 is 9.90 Å². The van der Waals surface area contributed by atoms with Crippen LogP contribution in [0.4, 0.5) is 0 Å². The van der Waals surface area contributed by atoms with Gasteiger partial charge in [-0.3, -0.25) is 9.48 Å². The van der Waals surface area contributed by atoms with Crippen molar-refractivity contribution in [2.24, 2.45) is 0 Å². The molecule has 0 aliphatic heterocycles. The van der Waals surface area contributed by atoms with Gasteiger partial charge in [0.2, 0.25) is 5.91 Å². The molecule has 0 saturated heterocycles. The minimum absolute atomic E-state index is 0.0917. The third-order valence-corrected chi connectivity index (χ3v) is 3.58. The summed E-state index contributed by atoms with van der Waals surface area (Å²) in [5.74, 6) is -0.0917. The molecule has 0 radical (unpaired) electrons. The lowest BCUT2D eigenvalue weighted by molar-refractivity contribution is -0.122. The largest absolute Gasteiger partial charge is 0.384 e. The molecule has 2 aromatic heterocycles. The summed E-state index contributed by atoms with van der Waals surface area (Å²) in [7, 11) is 0. The van der Waals surface area contributed by atoms with Crippen LogP contribution in [0.3, 0.4) is 0 Å². The van der Waals surface area contributed by atoms with E-state index in [9.17, 15) is 9.90 Å². The van der Waals surface area contributed by atoms with Gasteiger partial charge in [-0.1, -0.05) is 0 Å². The fraction of sp³-hybridized carbons (Fsp3) is 0.385. The Morgan fingerprint density at radius 2 is 2.47 bits per heavy atom. The second kappa shape index (κ2) is 5.99. The minimum atomic E-state index is -1.03. The molecule has 6 heteroatoms. The molecular weight excluding hydrogens is 262 g/mol. The van der Waals surface area contributed by atoms with Gasteiger partial charge in [0.15, 0.2) is 0 Å². The summed E-state index contributed by atoms with van der Waals surface area (Å²) in [6.45, 7) is 2.45. The first-order chi connectivity index (χ1) is 9.08. The molecular formula is C13H17N3O2S. The molecule has 2 aromatic rings. The standard InChI is InChI=1S/C13H17N3O2S/c1-13(18,11-4-8-19-9-11)10-14-12(17)3-7-16-6-2-5-15-16/h2,4-6,8-9,18H,3,7,10H2,1H3,(H,14,17). The van der Waals surface area contributed by atoms with Crippen LogP contribution in [0.2, 0.25) is 0 Å². The molecule has 102 valence electrons. The van der Waals surface area contributed by atoms with E-state index in [1.54, 1.807) is 17.8 Å². The van der Waals surface area contributed by atoms with Crippen LogP contribution in [0.5, 0.6) is 0 Å². The number of thiophene rings is 1. The van der Waals surface area contributed by atoms with E-state index in [1.807, 2.05) is 29.1 Å². The molecule has 1 atom stereocenters. The van der Waals surface area contributed by atoms with Crippen molar-refractivity contribution in [3.05, 3.63) is 40.8 Å². The van der Waals surface area contributed by atoms with E-state index < -0.39 is 5.60 Å². The summed E-state index contributed by atoms with van der Waals surface area (Å²) in [6, 6.07) is 3.68. The predicted molar refractivity (Wildman–Crippen MR) is 73.7 cm³/mol. The van der Waals surface area contributed by atoms with Crippen LogP contribution in [-0.4, -0.2) is 27.3 Å². The Bertz CT molecular complexity index is 506. The van der Waals surface area contributed by atoms with Crippen molar-refractivity contribution in [1.29, 1.82) is 0 Å². The predicted octanol–water partition coefficient (Wildman–Crippen LogP) is 1.36. The van der Waals surface area contributed by atoms with Crippen molar-refractivity contribution in [3.8, 4) is 0 Å². The fourth-order valence-electron chi connectivity index (χ4n) is 1.68. The summed E-state index contributed by atoms with van der Waals surface area (Å²) in [4.78, 5) is 11.7. The van der Waals surface area contributed by atoms with Crippen molar-refractivity contribution in [3.63, 3.8) is 0 Å². The molecule has 0 aliphatic rings. The maximum atomic E-state index is 11.7. The maximum absolute atomic E-state index is 11.7. The van der Waals surface area contributed by atoms with Gasteiger partial charge in [-0.25, -0.2) is 0 Å². The molecule has 0 saturated carbocycles. The van der Waals surface area contributed by atoms with Gasteiger partial charge in [0.25, 0.3) is 0 Å². The van der Waals surface area contributed by atoms with Gasteiger partial charge in [-0.05, 0) is 35.4 Å². The molecule has 19 heavy (non-hydrogen) atoms. The molecule has 5 nitrogen and oxygen atoms in total. The number of nitrogens with zero attached hydrogens (tertiary/aromatic N) is 2. The average Bonchev–Trinajstić information content (AvgIpc) is 3.06. The van der Waals surface area contributed by atoms with Gasteiger partial charge in [-0.15, -0.1) is 0 Å². The molecule has 0 aromatic carbocycles. The second-order valence-corrected chi connectivity index (χ2v) is 5.36. The zero-order valence-electron chi connectivity index (χ0n) is 10.7. The Morgan fingerprint density at radius 1 is 1.63 bits per heavy atom. The normalized spacial score (nSPS) is 14.0. The van der Waals surface area contributed by atoms with E-state index in [1.165, 1.54) is 11.3 Å². The van der Waals surface area contributed by atoms with E-state index in [4.69, 9.17) is 0 Å². The topological polar surface area (TPSA) is 67.2 Å². The third-order valence-electron chi connectivity index (χ3n) is 2.90. The lowest BCUT2D eigenvalue weighted by Crippen LogP contribution is -2.38. The van der Waals surface area contributed by atoms with E-state index in [-0.39, 0.29) is 12.5 Å². The number of hydrogen-bond donors (Lipinski definition) is 2. The first-order valence-electron chi connectivity index (χ1n) is 6.07. The van der Waals surface area contributed by atoms with E-state index in [2.05, 4.69) is 10.4 Å². The first kappa shape index (κ1) is 13.8. The number of carbonyl (C=O) groups excluding carboxylic acids is 1. The Hall–Kier alpha value is -1.66. The number of nitrogens with one attached hydrogen (secondary N) is 1. The van der Waals surface area contributed by atoms with Crippen molar-refractivity contribution in [2.75, 3.05) is 6.54 Å². The summed E-state index contributed by atoms with van der Waals surface area (Å²) in [5, 5.41) is 20.8. The Labute approximate surface area is 115 Å². The van der Waals surface area contributed by atoms with E-state index in [0.717, 1.165) is 5.56 Å². The lowest BCUT2D eigenvalue weighted by atomic mass is 9.99. The smallest absolute Gasteiger partial charge is 0.221 e. The number of aliphatic hydroxyl groups is 1. The summed E-state index contributed by atoms with van der Waals surface area (Å²) in [6.07, 6.45) is 3.84. The van der Waals surface area contributed by atoms with E-state index >= 15 is 0 Å². The molecule has 0 bridgehead atoms. The van der Waals surface area contributed by atoms with Crippen molar-refractivity contribution >= 4 is 17.2 Å². The van der Waals surface area contributed by atoms with Gasteiger partial charge >= 0.3 is 0 Å². The highest BCUT2D eigenvalue weighted by Crippen LogP contribution is 2.21. The molecule has 1 unspecified atom stereocenters. The zero-order valence-corrected chi connectivity index (χ0v) is 11.6. The first-order valence-corrected chi connectivity index (χ1v) is 7.01. The van der Waals surface area contributed by atoms with Crippen LogP contribution in [0.1, 0.15) is 18.9 Å². The number of aromatic nitrogens is 2. The van der Waals surface area contributed by atoms with Crippen LogP contribution in [0, 0.1) is 0 Å². The van der Waals surface area contributed by atoms with Crippen LogP contribution in [-0.2, 0) is 16.9 Å². The number of hydrogen-bond acceptors (Lipinski definition) is 4. The van der Waals surface area contributed by atoms with Crippen LogP contribution in [0.15, 0.2) is 35.3 Å². The zero-order chi connectivity index (χ0) is 13.7. The molecule has 1 amide bonds. The highest BCUT2D eigenvalue weighted by molar-refractivity contribution is 7.08. The second-order valence-electron chi connectivity index (χ2n) is 4.58. The third kappa shape index (κ3) is 3.90. The quantitative estimate of drug-likeness (QED) is 0.839. The summed E-state index contributed by atoms with van der Waals surface area (Å²) in [5.41, 5.74) is -0.202. The highest BCUT2D eigenvalue weighted by Gasteiger charge is 2.23. The Kier molecular flexibility index (Phi) is 4.34. The molecule has 2 heterocycles. The van der Waals surface area contributed by atoms with Crippen LogP contribution >= 0.6 is 11.3 Å². The van der Waals surface area contributed by atoms with Gasteiger partial charge in [-0.2, -0.15) is 16.4 Å². The lowest BCUT2D eigenvalue weighted by Gasteiger charge is -2.22. The van der Waals surface area contributed by atoms with Gasteiger partial charge in [0.05, 0.1) is 6.54 Å².